The number of hydrogen-bond donors (Lipinski definition) is 2. The molecule has 2 N–H and O–H groups in total. The molecule has 0 aliphatic carbocycles. The third-order valence-electron chi connectivity index (χ3n) is 3.52. The Bertz CT molecular complexity index is 606. The van der Waals surface area contributed by atoms with Gasteiger partial charge in [0, 0.05) is 43.6 Å². The van der Waals surface area contributed by atoms with Crippen LogP contribution in [0.2, 0.25) is 0 Å². The van der Waals surface area contributed by atoms with Crippen LogP contribution in [0.5, 0.6) is 0 Å². The Morgan fingerprint density at radius 1 is 1.45 bits per heavy atom. The van der Waals surface area contributed by atoms with Crippen molar-refractivity contribution >= 4 is 5.91 Å². The summed E-state index contributed by atoms with van der Waals surface area (Å²) in [6.45, 7) is 4.46. The van der Waals surface area contributed by atoms with E-state index in [1.165, 1.54) is 11.1 Å². The SMILES string of the molecule is CC(Cn1ccnc1)NC(=O)c1ccc2c(c1)CNC2. The van der Waals surface area contributed by atoms with E-state index in [-0.39, 0.29) is 11.9 Å². The highest BCUT2D eigenvalue weighted by molar-refractivity contribution is 5.94. The number of imidazole rings is 1. The van der Waals surface area contributed by atoms with Gasteiger partial charge < -0.3 is 15.2 Å². The van der Waals surface area contributed by atoms with Crippen molar-refractivity contribution in [1.29, 1.82) is 0 Å². The number of nitrogens with one attached hydrogen (secondary N) is 2. The van der Waals surface area contributed by atoms with Crippen molar-refractivity contribution in [3.05, 3.63) is 53.6 Å². The van der Waals surface area contributed by atoms with Crippen molar-refractivity contribution in [3.63, 3.8) is 0 Å². The van der Waals surface area contributed by atoms with Gasteiger partial charge in [-0.25, -0.2) is 4.98 Å². The number of hydrogen-bond acceptors (Lipinski definition) is 3. The average molecular weight is 270 g/mol. The van der Waals surface area contributed by atoms with Crippen molar-refractivity contribution in [2.75, 3.05) is 0 Å². The van der Waals surface area contributed by atoms with Gasteiger partial charge in [0.2, 0.25) is 0 Å². The lowest BCUT2D eigenvalue weighted by Gasteiger charge is -2.14. The number of rotatable bonds is 4. The van der Waals surface area contributed by atoms with Crippen LogP contribution < -0.4 is 10.6 Å². The summed E-state index contributed by atoms with van der Waals surface area (Å²) in [4.78, 5) is 16.2. The molecule has 0 radical (unpaired) electrons. The van der Waals surface area contributed by atoms with E-state index in [9.17, 15) is 4.79 Å². The minimum Gasteiger partial charge on any atom is -0.348 e. The summed E-state index contributed by atoms with van der Waals surface area (Å²) in [7, 11) is 0. The van der Waals surface area contributed by atoms with E-state index in [0.29, 0.717) is 0 Å². The Balaban J connectivity index is 1.64. The van der Waals surface area contributed by atoms with Crippen LogP contribution in [0.15, 0.2) is 36.9 Å². The first kappa shape index (κ1) is 12.9. The minimum absolute atomic E-state index is 0.0210. The van der Waals surface area contributed by atoms with Crippen molar-refractivity contribution in [2.45, 2.75) is 32.6 Å². The number of nitrogens with zero attached hydrogens (tertiary/aromatic N) is 2. The molecule has 0 spiro atoms. The summed E-state index contributed by atoms with van der Waals surface area (Å²) in [5, 5.41) is 6.30. The molecule has 5 heteroatoms. The first-order chi connectivity index (χ1) is 9.72. The zero-order chi connectivity index (χ0) is 13.9. The molecular formula is C15H18N4O. The van der Waals surface area contributed by atoms with Crippen LogP contribution >= 0.6 is 0 Å². The van der Waals surface area contributed by atoms with Gasteiger partial charge in [0.15, 0.2) is 0 Å². The molecule has 3 rings (SSSR count). The van der Waals surface area contributed by atoms with Gasteiger partial charge in [0.25, 0.3) is 5.91 Å². The van der Waals surface area contributed by atoms with E-state index in [1.54, 1.807) is 12.5 Å². The van der Waals surface area contributed by atoms with Gasteiger partial charge in [0.1, 0.15) is 0 Å². The van der Waals surface area contributed by atoms with E-state index < -0.39 is 0 Å². The van der Waals surface area contributed by atoms with Gasteiger partial charge in [-0.15, -0.1) is 0 Å². The van der Waals surface area contributed by atoms with Gasteiger partial charge in [-0.05, 0) is 30.2 Å². The monoisotopic (exact) mass is 270 g/mol. The van der Waals surface area contributed by atoms with Gasteiger partial charge in [0.05, 0.1) is 6.33 Å². The lowest BCUT2D eigenvalue weighted by molar-refractivity contribution is 0.0936. The fraction of sp³-hybridized carbons (Fsp3) is 0.333. The van der Waals surface area contributed by atoms with Crippen LogP contribution in [0.3, 0.4) is 0 Å². The van der Waals surface area contributed by atoms with E-state index in [0.717, 1.165) is 25.2 Å². The van der Waals surface area contributed by atoms with E-state index >= 15 is 0 Å². The summed E-state index contributed by atoms with van der Waals surface area (Å²) < 4.78 is 1.96. The highest BCUT2D eigenvalue weighted by Crippen LogP contribution is 2.17. The first-order valence-electron chi connectivity index (χ1n) is 6.81. The van der Waals surface area contributed by atoms with Crippen molar-refractivity contribution in [2.24, 2.45) is 0 Å². The maximum atomic E-state index is 12.2. The normalized spacial score (nSPS) is 14.8. The molecule has 1 aliphatic rings. The molecule has 1 aromatic carbocycles. The molecule has 1 unspecified atom stereocenters. The molecule has 0 fully saturated rings. The fourth-order valence-corrected chi connectivity index (χ4v) is 2.50. The van der Waals surface area contributed by atoms with Gasteiger partial charge >= 0.3 is 0 Å². The Morgan fingerprint density at radius 3 is 3.10 bits per heavy atom. The molecule has 1 aliphatic heterocycles. The molecule has 0 bridgehead atoms. The Kier molecular flexibility index (Phi) is 3.52. The summed E-state index contributed by atoms with van der Waals surface area (Å²) >= 11 is 0. The Labute approximate surface area is 118 Å². The molecule has 5 nitrogen and oxygen atoms in total. The number of carbonyl (C=O) groups excluding carboxylic acids is 1. The molecule has 0 saturated heterocycles. The highest BCUT2D eigenvalue weighted by atomic mass is 16.1. The van der Waals surface area contributed by atoms with Crippen molar-refractivity contribution < 1.29 is 4.79 Å². The number of benzene rings is 1. The second kappa shape index (κ2) is 5.46. The predicted molar refractivity (Wildman–Crippen MR) is 76.1 cm³/mol. The van der Waals surface area contributed by atoms with Crippen molar-refractivity contribution in [1.82, 2.24) is 20.2 Å². The number of carbonyl (C=O) groups is 1. The second-order valence-electron chi connectivity index (χ2n) is 5.22. The summed E-state index contributed by atoms with van der Waals surface area (Å²) in [5.41, 5.74) is 3.23. The smallest absolute Gasteiger partial charge is 0.251 e. The molecule has 1 aromatic heterocycles. The molecule has 0 saturated carbocycles. The molecule has 1 atom stereocenters. The summed E-state index contributed by atoms with van der Waals surface area (Å²) in [5.74, 6) is -0.0210. The van der Waals surface area contributed by atoms with Crippen molar-refractivity contribution in [3.8, 4) is 0 Å². The topological polar surface area (TPSA) is 59.0 Å². The van der Waals surface area contributed by atoms with E-state index in [2.05, 4.69) is 15.6 Å². The molecule has 2 aromatic rings. The van der Waals surface area contributed by atoms with Gasteiger partial charge in [-0.3, -0.25) is 4.79 Å². The lowest BCUT2D eigenvalue weighted by Crippen LogP contribution is -2.35. The summed E-state index contributed by atoms with van der Waals surface area (Å²) in [6, 6.07) is 5.97. The average Bonchev–Trinajstić information content (AvgIpc) is 3.07. The molecular weight excluding hydrogens is 252 g/mol. The third-order valence-corrected chi connectivity index (χ3v) is 3.52. The highest BCUT2D eigenvalue weighted by Gasteiger charge is 2.14. The Morgan fingerprint density at radius 2 is 2.30 bits per heavy atom. The molecule has 104 valence electrons. The van der Waals surface area contributed by atoms with Crippen LogP contribution in [0, 0.1) is 0 Å². The predicted octanol–water partition coefficient (Wildman–Crippen LogP) is 1.30. The first-order valence-corrected chi connectivity index (χ1v) is 6.81. The molecule has 1 amide bonds. The molecule has 20 heavy (non-hydrogen) atoms. The fourth-order valence-electron chi connectivity index (χ4n) is 2.50. The van der Waals surface area contributed by atoms with Crippen LogP contribution in [-0.2, 0) is 19.6 Å². The van der Waals surface area contributed by atoms with Crippen LogP contribution in [0.1, 0.15) is 28.4 Å². The number of aromatic nitrogens is 2. The quantitative estimate of drug-likeness (QED) is 0.880. The van der Waals surface area contributed by atoms with Crippen LogP contribution in [0.4, 0.5) is 0 Å². The second-order valence-corrected chi connectivity index (χ2v) is 5.22. The number of amides is 1. The maximum absolute atomic E-state index is 12.2. The largest absolute Gasteiger partial charge is 0.348 e. The zero-order valence-electron chi connectivity index (χ0n) is 11.5. The van der Waals surface area contributed by atoms with E-state index in [4.69, 9.17) is 0 Å². The van der Waals surface area contributed by atoms with Crippen LogP contribution in [0.25, 0.3) is 0 Å². The third kappa shape index (κ3) is 2.72. The molecule has 2 heterocycles. The summed E-state index contributed by atoms with van der Waals surface area (Å²) in [6.07, 6.45) is 5.38. The Hall–Kier alpha value is -2.14. The van der Waals surface area contributed by atoms with E-state index in [1.807, 2.05) is 35.9 Å². The maximum Gasteiger partial charge on any atom is 0.251 e. The van der Waals surface area contributed by atoms with Gasteiger partial charge in [-0.1, -0.05) is 6.07 Å². The van der Waals surface area contributed by atoms with Crippen LogP contribution in [-0.4, -0.2) is 21.5 Å². The minimum atomic E-state index is -0.0210. The zero-order valence-corrected chi connectivity index (χ0v) is 11.5. The van der Waals surface area contributed by atoms with Gasteiger partial charge in [-0.2, -0.15) is 0 Å². The standard InChI is InChI=1S/C15H18N4O/c1-11(9-19-5-4-16-10-19)18-15(20)12-2-3-13-7-17-8-14(13)6-12/h2-6,10-11,17H,7-9H2,1H3,(H,18,20). The lowest BCUT2D eigenvalue weighted by atomic mass is 10.1. The number of fused-ring (bicyclic) bond motifs is 1.